The van der Waals surface area contributed by atoms with Gasteiger partial charge in [-0.25, -0.2) is 8.42 Å². The molecular formula is C35H44N6O5S. The summed E-state index contributed by atoms with van der Waals surface area (Å²) in [7, 11) is -3.55. The summed E-state index contributed by atoms with van der Waals surface area (Å²) in [4.78, 5) is 27.4. The Morgan fingerprint density at radius 3 is 2.36 bits per heavy atom. The smallest absolute Gasteiger partial charge is 0.247 e. The number of amides is 2. The first-order chi connectivity index (χ1) is 22.6. The number of aryl methyl sites for hydroxylation is 1. The van der Waals surface area contributed by atoms with E-state index >= 15 is 0 Å². The van der Waals surface area contributed by atoms with E-state index in [1.807, 2.05) is 37.3 Å². The first-order valence-corrected chi connectivity index (χ1v) is 17.9. The summed E-state index contributed by atoms with van der Waals surface area (Å²) in [5, 5.41) is 21.6. The van der Waals surface area contributed by atoms with Gasteiger partial charge in [-0.2, -0.15) is 4.31 Å². The monoisotopic (exact) mass is 660 g/mol. The minimum atomic E-state index is -3.55. The zero-order chi connectivity index (χ0) is 33.1. The van der Waals surface area contributed by atoms with Gasteiger partial charge in [0, 0.05) is 31.1 Å². The number of fused-ring (bicyclic) bond motifs is 1. The molecule has 0 spiro atoms. The minimum Gasteiger partial charge on any atom is -0.357 e. The zero-order valence-electron chi connectivity index (χ0n) is 26.7. The minimum absolute atomic E-state index is 0.133. The van der Waals surface area contributed by atoms with Crippen molar-refractivity contribution in [3.05, 3.63) is 71.8 Å². The largest absolute Gasteiger partial charge is 0.357 e. The molecule has 2 heterocycles. The van der Waals surface area contributed by atoms with Crippen LogP contribution in [0.2, 0.25) is 0 Å². The Labute approximate surface area is 276 Å². The first-order valence-electron chi connectivity index (χ1n) is 16.5. The molecule has 3 aliphatic rings. The number of sulfonamides is 1. The first kappa shape index (κ1) is 33.0. The molecule has 1 unspecified atom stereocenters. The van der Waals surface area contributed by atoms with E-state index in [0.29, 0.717) is 36.9 Å². The molecule has 2 atom stereocenters. The highest BCUT2D eigenvalue weighted by Gasteiger charge is 2.30. The second kappa shape index (κ2) is 14.0. The molecule has 3 aromatic carbocycles. The maximum atomic E-state index is 13.7. The third-order valence-electron chi connectivity index (χ3n) is 9.67. The van der Waals surface area contributed by atoms with Crippen LogP contribution in [-0.2, 0) is 26.0 Å². The van der Waals surface area contributed by atoms with Crippen LogP contribution >= 0.6 is 0 Å². The predicted molar refractivity (Wildman–Crippen MR) is 183 cm³/mol. The molecule has 47 heavy (non-hydrogen) atoms. The van der Waals surface area contributed by atoms with Gasteiger partial charge in [0.1, 0.15) is 6.04 Å². The lowest BCUT2D eigenvalue weighted by molar-refractivity contribution is -0.130. The van der Waals surface area contributed by atoms with Gasteiger partial charge in [-0.15, -0.1) is 0 Å². The van der Waals surface area contributed by atoms with Crippen molar-refractivity contribution in [3.63, 3.8) is 0 Å². The van der Waals surface area contributed by atoms with Gasteiger partial charge in [0.2, 0.25) is 28.2 Å². The highest BCUT2D eigenvalue weighted by atomic mass is 32.2. The van der Waals surface area contributed by atoms with Crippen molar-refractivity contribution in [1.29, 1.82) is 0 Å². The van der Waals surface area contributed by atoms with E-state index in [2.05, 4.69) is 21.3 Å². The number of rotatable bonds is 10. The lowest BCUT2D eigenvalue weighted by Gasteiger charge is -2.28. The molecule has 1 saturated carbocycles. The molecule has 1 saturated heterocycles. The van der Waals surface area contributed by atoms with E-state index in [1.165, 1.54) is 0 Å². The topological polar surface area (TPSA) is 166 Å². The Morgan fingerprint density at radius 1 is 0.957 bits per heavy atom. The Kier molecular flexibility index (Phi) is 9.83. The third kappa shape index (κ3) is 7.46. The summed E-state index contributed by atoms with van der Waals surface area (Å²) in [5.74, 6) is -0.214. The molecule has 6 rings (SSSR count). The number of nitrogens with two attached hydrogens (primary N) is 1. The second-order valence-electron chi connectivity index (χ2n) is 12.9. The van der Waals surface area contributed by atoms with Gasteiger partial charge in [-0.1, -0.05) is 30.3 Å². The van der Waals surface area contributed by atoms with Crippen LogP contribution in [0.4, 0.5) is 17.1 Å². The van der Waals surface area contributed by atoms with Crippen molar-refractivity contribution in [2.24, 2.45) is 17.6 Å². The van der Waals surface area contributed by atoms with Crippen LogP contribution in [0, 0.1) is 18.8 Å². The van der Waals surface area contributed by atoms with Crippen molar-refractivity contribution < 1.29 is 23.1 Å². The van der Waals surface area contributed by atoms with E-state index in [0.717, 1.165) is 66.5 Å². The fourth-order valence-corrected chi connectivity index (χ4v) is 8.34. The SMILES string of the molecule is Cc1ccc(S(=O)(=O)N2CCCC2)cc1-c1ccc(C[C@H](NC(=O)C2CCC(CN)CC2)C(=O)Nc2ccc3c(c2)NC(O)N3)cc1. The van der Waals surface area contributed by atoms with Gasteiger partial charge >= 0.3 is 0 Å². The Balaban J connectivity index is 1.20. The third-order valence-corrected chi connectivity index (χ3v) is 11.6. The maximum Gasteiger partial charge on any atom is 0.247 e. The highest BCUT2D eigenvalue weighted by molar-refractivity contribution is 7.89. The molecule has 7 N–H and O–H groups in total. The van der Waals surface area contributed by atoms with Crippen LogP contribution in [-0.4, -0.2) is 61.7 Å². The van der Waals surface area contributed by atoms with Crippen molar-refractivity contribution in [2.45, 2.75) is 69.2 Å². The Hall–Kier alpha value is -3.97. The van der Waals surface area contributed by atoms with E-state index in [1.54, 1.807) is 34.6 Å². The van der Waals surface area contributed by atoms with Crippen molar-refractivity contribution >= 4 is 38.9 Å². The van der Waals surface area contributed by atoms with Crippen LogP contribution < -0.4 is 27.0 Å². The number of benzene rings is 3. The molecule has 0 bridgehead atoms. The second-order valence-corrected chi connectivity index (χ2v) is 14.9. The van der Waals surface area contributed by atoms with Gasteiger partial charge in [-0.05, 0) is 110 Å². The van der Waals surface area contributed by atoms with Gasteiger partial charge < -0.3 is 32.1 Å². The Bertz CT molecular complexity index is 1720. The van der Waals surface area contributed by atoms with E-state index < -0.39 is 22.4 Å². The lowest BCUT2D eigenvalue weighted by atomic mass is 9.81. The quantitative estimate of drug-likeness (QED) is 0.190. The molecule has 2 amide bonds. The number of aliphatic hydroxyl groups excluding tert-OH is 1. The van der Waals surface area contributed by atoms with Crippen LogP contribution in [0.25, 0.3) is 11.1 Å². The Morgan fingerprint density at radius 2 is 1.66 bits per heavy atom. The average molecular weight is 661 g/mol. The van der Waals surface area contributed by atoms with Crippen LogP contribution in [0.3, 0.4) is 0 Å². The molecule has 0 aromatic heterocycles. The molecular weight excluding hydrogens is 616 g/mol. The summed E-state index contributed by atoms with van der Waals surface area (Å²) >= 11 is 0. The molecule has 0 radical (unpaired) electrons. The van der Waals surface area contributed by atoms with Crippen LogP contribution in [0.15, 0.2) is 65.6 Å². The van der Waals surface area contributed by atoms with E-state index in [-0.39, 0.29) is 29.0 Å². The molecule has 11 nitrogen and oxygen atoms in total. The molecule has 3 aromatic rings. The number of hydrogen-bond acceptors (Lipinski definition) is 8. The predicted octanol–water partition coefficient (Wildman–Crippen LogP) is 3.99. The molecule has 2 aliphatic heterocycles. The summed E-state index contributed by atoms with van der Waals surface area (Å²) < 4.78 is 28.0. The van der Waals surface area contributed by atoms with E-state index in [4.69, 9.17) is 5.73 Å². The fourth-order valence-electron chi connectivity index (χ4n) is 6.79. The van der Waals surface area contributed by atoms with Crippen molar-refractivity contribution in [2.75, 3.05) is 35.6 Å². The number of aliphatic hydroxyl groups is 1. The number of carbonyl (C=O) groups is 2. The normalized spacial score (nSPS) is 21.7. The number of hydrogen-bond donors (Lipinski definition) is 6. The fraction of sp³-hybridized carbons (Fsp3) is 0.429. The molecule has 1 aliphatic carbocycles. The van der Waals surface area contributed by atoms with Gasteiger partial charge in [0.25, 0.3) is 0 Å². The summed E-state index contributed by atoms with van der Waals surface area (Å²) in [6.07, 6.45) is 4.40. The zero-order valence-corrected chi connectivity index (χ0v) is 27.5. The van der Waals surface area contributed by atoms with Crippen LogP contribution in [0.5, 0.6) is 0 Å². The van der Waals surface area contributed by atoms with E-state index in [9.17, 15) is 23.1 Å². The average Bonchev–Trinajstić information content (AvgIpc) is 3.75. The summed E-state index contributed by atoms with van der Waals surface area (Å²) in [6, 6.07) is 17.4. The number of anilines is 3. The maximum absolute atomic E-state index is 13.7. The highest BCUT2D eigenvalue weighted by Crippen LogP contribution is 2.32. The summed E-state index contributed by atoms with van der Waals surface area (Å²) in [6.45, 7) is 3.67. The van der Waals surface area contributed by atoms with Crippen molar-refractivity contribution in [3.8, 4) is 11.1 Å². The lowest BCUT2D eigenvalue weighted by Crippen LogP contribution is -2.48. The number of nitrogens with zero attached hydrogens (tertiary/aromatic N) is 1. The standard InChI is InChI=1S/C35H44N6O5S/c1-22-4-14-28(47(45,46)41-16-2-3-17-41)20-29(22)25-9-5-23(6-10-25)18-32(38-33(42)26-11-7-24(21-36)8-12-26)34(43)37-27-13-15-30-31(19-27)40-35(44)39-30/h4-6,9-10,13-15,19-20,24,26,32,35,39-40,44H,2-3,7-8,11-12,16-18,21,36H2,1H3,(H,37,43)(H,38,42)/t24?,26?,32-,35?/m0/s1. The van der Waals surface area contributed by atoms with Gasteiger partial charge in [-0.3, -0.25) is 9.59 Å². The summed E-state index contributed by atoms with van der Waals surface area (Å²) in [5.41, 5.74) is 11.3. The molecule has 250 valence electrons. The molecule has 2 fully saturated rings. The number of nitrogens with one attached hydrogen (secondary N) is 4. The van der Waals surface area contributed by atoms with Crippen LogP contribution in [0.1, 0.15) is 49.7 Å². The molecule has 12 heteroatoms. The van der Waals surface area contributed by atoms with Gasteiger partial charge in [0.15, 0.2) is 0 Å². The number of carbonyl (C=O) groups excluding carboxylic acids is 2. The van der Waals surface area contributed by atoms with Gasteiger partial charge in [0.05, 0.1) is 16.3 Å². The van der Waals surface area contributed by atoms with Crippen molar-refractivity contribution in [1.82, 2.24) is 9.62 Å².